The van der Waals surface area contributed by atoms with Crippen LogP contribution in [0.4, 0.5) is 11.4 Å². The summed E-state index contributed by atoms with van der Waals surface area (Å²) < 4.78 is 5.33. The van der Waals surface area contributed by atoms with E-state index in [1.165, 1.54) is 16.7 Å². The van der Waals surface area contributed by atoms with Gasteiger partial charge >= 0.3 is 0 Å². The summed E-state index contributed by atoms with van der Waals surface area (Å²) in [5, 5.41) is 2.57. The van der Waals surface area contributed by atoms with Gasteiger partial charge in [0.25, 0.3) is 11.8 Å². The number of hydrogen-bond donors (Lipinski definition) is 3. The van der Waals surface area contributed by atoms with Gasteiger partial charge in [-0.05, 0) is 30.3 Å². The quantitative estimate of drug-likeness (QED) is 0.598. The number of hydrogen-bond acceptors (Lipinski definition) is 6. The van der Waals surface area contributed by atoms with Gasteiger partial charge in [0.15, 0.2) is 6.61 Å². The minimum absolute atomic E-state index is 0.141. The second kappa shape index (κ2) is 8.86. The van der Waals surface area contributed by atoms with Crippen molar-refractivity contribution in [3.63, 3.8) is 0 Å². The van der Waals surface area contributed by atoms with Gasteiger partial charge in [0, 0.05) is 16.3 Å². The van der Waals surface area contributed by atoms with Gasteiger partial charge in [0.2, 0.25) is 11.8 Å². The third-order valence-electron chi connectivity index (χ3n) is 4.58. The van der Waals surface area contributed by atoms with E-state index in [-0.39, 0.29) is 31.4 Å². The second-order valence-electron chi connectivity index (χ2n) is 6.77. The van der Waals surface area contributed by atoms with Crippen LogP contribution < -0.4 is 25.8 Å². The number of hydrazine groups is 1. The van der Waals surface area contributed by atoms with Crippen molar-refractivity contribution in [3.05, 3.63) is 47.5 Å². The highest BCUT2D eigenvalue weighted by Gasteiger charge is 2.30. The second-order valence-corrected chi connectivity index (χ2v) is 8.45. The number of carbonyl (C=O) groups excluding carboxylic acids is 4. The molecule has 3 N–H and O–H groups in total. The molecule has 0 aliphatic carbocycles. The molecular formula is C20H17ClN4O5S. The molecule has 2 aliphatic heterocycles. The average molecular weight is 461 g/mol. The standard InChI is InChI=1S/C20H17ClN4O5S/c21-11-5-6-15-12(7-11)22-20(29)16(31-15)8-17(26)23-24-18(27)9-25-13-3-1-2-4-14(13)30-10-19(25)28/h1-7,16H,8-10H2,(H,22,29)(H,23,26)(H,24,27). The number of rotatable bonds is 4. The summed E-state index contributed by atoms with van der Waals surface area (Å²) in [6, 6.07) is 12.0. The van der Waals surface area contributed by atoms with Gasteiger partial charge in [-0.3, -0.25) is 34.9 Å². The summed E-state index contributed by atoms with van der Waals surface area (Å²) in [5.74, 6) is -1.31. The lowest BCUT2D eigenvalue weighted by Gasteiger charge is -2.28. The predicted octanol–water partition coefficient (Wildman–Crippen LogP) is 1.72. The van der Waals surface area contributed by atoms with Crippen LogP contribution in [0.25, 0.3) is 0 Å². The van der Waals surface area contributed by atoms with E-state index in [4.69, 9.17) is 16.3 Å². The normalized spacial score (nSPS) is 17.1. The zero-order valence-corrected chi connectivity index (χ0v) is 17.6. The summed E-state index contributed by atoms with van der Waals surface area (Å²) in [5.41, 5.74) is 5.65. The Kier molecular flexibility index (Phi) is 6.01. The van der Waals surface area contributed by atoms with Crippen LogP contribution in [0.5, 0.6) is 5.75 Å². The first-order valence-corrected chi connectivity index (χ1v) is 10.5. The first kappa shape index (κ1) is 21.0. The number of nitrogens with one attached hydrogen (secondary N) is 3. The van der Waals surface area contributed by atoms with E-state index in [0.717, 1.165) is 4.90 Å². The molecule has 1 atom stereocenters. The number of para-hydroxylation sites is 2. The van der Waals surface area contributed by atoms with Gasteiger partial charge in [0.05, 0.1) is 16.6 Å². The third kappa shape index (κ3) is 4.75. The molecule has 0 fully saturated rings. The molecule has 160 valence electrons. The van der Waals surface area contributed by atoms with E-state index >= 15 is 0 Å². The van der Waals surface area contributed by atoms with Crippen molar-refractivity contribution < 1.29 is 23.9 Å². The van der Waals surface area contributed by atoms with Crippen LogP contribution in [0, 0.1) is 0 Å². The van der Waals surface area contributed by atoms with E-state index in [0.29, 0.717) is 22.1 Å². The number of halogens is 1. The largest absolute Gasteiger partial charge is 0.482 e. The number of benzene rings is 2. The first-order valence-electron chi connectivity index (χ1n) is 9.27. The highest BCUT2D eigenvalue weighted by Crippen LogP contribution is 2.38. The average Bonchev–Trinajstić information content (AvgIpc) is 2.75. The maximum absolute atomic E-state index is 12.3. The molecule has 2 aromatic carbocycles. The van der Waals surface area contributed by atoms with Crippen molar-refractivity contribution in [3.8, 4) is 5.75 Å². The molecule has 0 saturated carbocycles. The van der Waals surface area contributed by atoms with Crippen LogP contribution in [0.3, 0.4) is 0 Å². The molecule has 0 aromatic heterocycles. The summed E-state index contributed by atoms with van der Waals surface area (Å²) in [4.78, 5) is 51.0. The maximum Gasteiger partial charge on any atom is 0.265 e. The van der Waals surface area contributed by atoms with Crippen molar-refractivity contribution in [2.24, 2.45) is 0 Å². The van der Waals surface area contributed by atoms with Crippen molar-refractivity contribution in [1.29, 1.82) is 0 Å². The minimum Gasteiger partial charge on any atom is -0.482 e. The fourth-order valence-electron chi connectivity index (χ4n) is 3.13. The van der Waals surface area contributed by atoms with E-state index in [2.05, 4.69) is 16.2 Å². The lowest BCUT2D eigenvalue weighted by Crippen LogP contribution is -2.50. The molecule has 31 heavy (non-hydrogen) atoms. The molecule has 4 amide bonds. The van der Waals surface area contributed by atoms with E-state index in [9.17, 15) is 19.2 Å². The van der Waals surface area contributed by atoms with Crippen molar-refractivity contribution >= 4 is 58.4 Å². The topological polar surface area (TPSA) is 117 Å². The maximum atomic E-state index is 12.3. The molecular weight excluding hydrogens is 444 g/mol. The molecule has 0 bridgehead atoms. The summed E-state index contributed by atoms with van der Waals surface area (Å²) in [6.07, 6.45) is -0.141. The smallest absolute Gasteiger partial charge is 0.265 e. The SMILES string of the molecule is O=C(CC1Sc2ccc(Cl)cc2NC1=O)NNC(=O)CN1C(=O)COc2ccccc21. The zero-order valence-electron chi connectivity index (χ0n) is 16.0. The predicted molar refractivity (Wildman–Crippen MR) is 115 cm³/mol. The van der Waals surface area contributed by atoms with E-state index < -0.39 is 17.1 Å². The van der Waals surface area contributed by atoms with Crippen LogP contribution in [0.2, 0.25) is 5.02 Å². The summed E-state index contributed by atoms with van der Waals surface area (Å²) >= 11 is 7.17. The van der Waals surface area contributed by atoms with Crippen LogP contribution in [0.1, 0.15) is 6.42 Å². The fraction of sp³-hybridized carbons (Fsp3) is 0.200. The molecule has 9 nitrogen and oxygen atoms in total. The summed E-state index contributed by atoms with van der Waals surface area (Å²) in [6.45, 7) is -0.455. The Labute approximate surface area is 186 Å². The molecule has 11 heteroatoms. The van der Waals surface area contributed by atoms with Gasteiger partial charge in [-0.15, -0.1) is 11.8 Å². The lowest BCUT2D eigenvalue weighted by molar-refractivity contribution is -0.129. The number of carbonyl (C=O) groups is 4. The molecule has 2 heterocycles. The van der Waals surface area contributed by atoms with Gasteiger partial charge < -0.3 is 10.1 Å². The highest BCUT2D eigenvalue weighted by atomic mass is 35.5. The van der Waals surface area contributed by atoms with Gasteiger partial charge in [-0.1, -0.05) is 23.7 Å². The van der Waals surface area contributed by atoms with Gasteiger partial charge in [-0.2, -0.15) is 0 Å². The third-order valence-corrected chi connectivity index (χ3v) is 6.09. The van der Waals surface area contributed by atoms with Crippen LogP contribution in [0.15, 0.2) is 47.4 Å². The Balaban J connectivity index is 1.30. The Morgan fingerprint density at radius 1 is 1.16 bits per heavy atom. The van der Waals surface area contributed by atoms with Crippen molar-refractivity contribution in [2.75, 3.05) is 23.4 Å². The molecule has 0 radical (unpaired) electrons. The molecule has 2 aliphatic rings. The number of anilines is 2. The molecule has 1 unspecified atom stereocenters. The molecule has 2 aromatic rings. The number of thioether (sulfide) groups is 1. The molecule has 4 rings (SSSR count). The Morgan fingerprint density at radius 3 is 2.77 bits per heavy atom. The van der Waals surface area contributed by atoms with Crippen LogP contribution in [-0.4, -0.2) is 42.0 Å². The number of nitrogens with zero attached hydrogens (tertiary/aromatic N) is 1. The summed E-state index contributed by atoms with van der Waals surface area (Å²) in [7, 11) is 0. The number of fused-ring (bicyclic) bond motifs is 2. The van der Waals surface area contributed by atoms with Crippen molar-refractivity contribution in [1.82, 2.24) is 10.9 Å². The number of ether oxygens (including phenoxy) is 1. The monoisotopic (exact) mass is 460 g/mol. The Bertz CT molecular complexity index is 1080. The molecule has 0 spiro atoms. The first-order chi connectivity index (χ1) is 14.9. The van der Waals surface area contributed by atoms with Gasteiger partial charge in [-0.25, -0.2) is 0 Å². The Hall–Kier alpha value is -3.24. The zero-order chi connectivity index (χ0) is 22.0. The fourth-order valence-corrected chi connectivity index (χ4v) is 4.39. The van der Waals surface area contributed by atoms with Gasteiger partial charge in [0.1, 0.15) is 12.3 Å². The Morgan fingerprint density at radius 2 is 1.94 bits per heavy atom. The van der Waals surface area contributed by atoms with E-state index in [1.54, 1.807) is 42.5 Å². The van der Waals surface area contributed by atoms with Crippen LogP contribution >= 0.6 is 23.4 Å². The van der Waals surface area contributed by atoms with Crippen LogP contribution in [-0.2, 0) is 19.2 Å². The van der Waals surface area contributed by atoms with E-state index in [1.807, 2.05) is 0 Å². The number of amides is 4. The van der Waals surface area contributed by atoms with Crippen molar-refractivity contribution in [2.45, 2.75) is 16.6 Å². The highest BCUT2D eigenvalue weighted by molar-refractivity contribution is 8.01. The lowest BCUT2D eigenvalue weighted by atomic mass is 10.2. The minimum atomic E-state index is -0.654. The molecule has 0 saturated heterocycles.